The minimum absolute atomic E-state index is 0.232. The second-order valence-electron chi connectivity index (χ2n) is 4.63. The van der Waals surface area contributed by atoms with Gasteiger partial charge in [0.1, 0.15) is 0 Å². The predicted octanol–water partition coefficient (Wildman–Crippen LogP) is 3.05. The highest BCUT2D eigenvalue weighted by Gasteiger charge is 2.18. The van der Waals surface area contributed by atoms with Gasteiger partial charge < -0.3 is 15.2 Å². The standard InChI is InChI=1S/C15H15BrN2O2/c16-12-9-14-13(19-6-1-7-20-14)8-11(12)15(17)10-2-4-18-5-3-10/h2-5,8-9,15H,1,6-7,17H2. The molecular formula is C15H15BrN2O2. The number of hydrogen-bond acceptors (Lipinski definition) is 4. The summed E-state index contributed by atoms with van der Waals surface area (Å²) in [5.41, 5.74) is 8.32. The van der Waals surface area contributed by atoms with E-state index in [9.17, 15) is 0 Å². The van der Waals surface area contributed by atoms with Gasteiger partial charge in [-0.2, -0.15) is 0 Å². The largest absolute Gasteiger partial charge is 0.490 e. The highest BCUT2D eigenvalue weighted by atomic mass is 79.9. The zero-order valence-electron chi connectivity index (χ0n) is 10.9. The molecule has 1 atom stereocenters. The number of benzene rings is 1. The minimum Gasteiger partial charge on any atom is -0.490 e. The Bertz CT molecular complexity index is 604. The molecule has 1 unspecified atom stereocenters. The molecule has 1 aromatic heterocycles. The molecule has 0 saturated heterocycles. The summed E-state index contributed by atoms with van der Waals surface area (Å²) in [6, 6.07) is 7.48. The van der Waals surface area contributed by atoms with Crippen molar-refractivity contribution in [1.29, 1.82) is 0 Å². The number of halogens is 1. The minimum atomic E-state index is -0.232. The van der Waals surface area contributed by atoms with E-state index in [2.05, 4.69) is 20.9 Å². The van der Waals surface area contributed by atoms with Gasteiger partial charge in [-0.05, 0) is 35.4 Å². The maximum atomic E-state index is 6.34. The molecule has 20 heavy (non-hydrogen) atoms. The molecule has 5 heteroatoms. The van der Waals surface area contributed by atoms with Crippen LogP contribution in [0.5, 0.6) is 11.5 Å². The SMILES string of the molecule is NC(c1ccncc1)c1cc2c(cc1Br)OCCCO2. The Labute approximate surface area is 126 Å². The van der Waals surface area contributed by atoms with Gasteiger partial charge in [-0.1, -0.05) is 15.9 Å². The van der Waals surface area contributed by atoms with Crippen molar-refractivity contribution >= 4 is 15.9 Å². The van der Waals surface area contributed by atoms with Gasteiger partial charge in [0.2, 0.25) is 0 Å². The van der Waals surface area contributed by atoms with E-state index in [0.717, 1.165) is 33.5 Å². The molecule has 0 aliphatic carbocycles. The van der Waals surface area contributed by atoms with E-state index < -0.39 is 0 Å². The molecule has 1 aromatic carbocycles. The summed E-state index contributed by atoms with van der Waals surface area (Å²) in [6.45, 7) is 1.34. The van der Waals surface area contributed by atoms with E-state index >= 15 is 0 Å². The lowest BCUT2D eigenvalue weighted by molar-refractivity contribution is 0.297. The summed E-state index contributed by atoms with van der Waals surface area (Å²) in [7, 11) is 0. The first-order chi connectivity index (χ1) is 9.75. The molecule has 0 fully saturated rings. The molecule has 2 heterocycles. The van der Waals surface area contributed by atoms with Crippen LogP contribution in [0.4, 0.5) is 0 Å². The second kappa shape index (κ2) is 5.81. The molecule has 3 rings (SSSR count). The van der Waals surface area contributed by atoms with Crippen molar-refractivity contribution in [2.24, 2.45) is 5.73 Å². The fraction of sp³-hybridized carbons (Fsp3) is 0.267. The first kappa shape index (κ1) is 13.4. The third-order valence-electron chi connectivity index (χ3n) is 3.27. The lowest BCUT2D eigenvalue weighted by Crippen LogP contribution is -2.13. The smallest absolute Gasteiger partial charge is 0.162 e. The fourth-order valence-corrected chi connectivity index (χ4v) is 2.76. The third-order valence-corrected chi connectivity index (χ3v) is 3.95. The van der Waals surface area contributed by atoms with Gasteiger partial charge in [-0.25, -0.2) is 0 Å². The number of rotatable bonds is 2. The van der Waals surface area contributed by atoms with Gasteiger partial charge >= 0.3 is 0 Å². The molecule has 2 N–H and O–H groups in total. The van der Waals surface area contributed by atoms with Gasteiger partial charge in [0.05, 0.1) is 19.3 Å². The summed E-state index contributed by atoms with van der Waals surface area (Å²) < 4.78 is 12.3. The Morgan fingerprint density at radius 3 is 2.45 bits per heavy atom. The zero-order chi connectivity index (χ0) is 13.9. The van der Waals surface area contributed by atoms with Gasteiger partial charge in [-0.3, -0.25) is 4.98 Å². The monoisotopic (exact) mass is 334 g/mol. The van der Waals surface area contributed by atoms with Crippen molar-refractivity contribution in [2.45, 2.75) is 12.5 Å². The van der Waals surface area contributed by atoms with E-state index in [1.807, 2.05) is 24.3 Å². The summed E-state index contributed by atoms with van der Waals surface area (Å²) in [4.78, 5) is 4.01. The van der Waals surface area contributed by atoms with Crippen LogP contribution in [0.15, 0.2) is 41.1 Å². The molecule has 0 bridgehead atoms. The van der Waals surface area contributed by atoms with E-state index in [1.54, 1.807) is 12.4 Å². The number of nitrogens with two attached hydrogens (primary N) is 1. The highest BCUT2D eigenvalue weighted by Crippen LogP contribution is 2.38. The topological polar surface area (TPSA) is 57.4 Å². The summed E-state index contributed by atoms with van der Waals surface area (Å²) in [6.07, 6.45) is 4.37. The molecule has 1 aliphatic rings. The number of fused-ring (bicyclic) bond motifs is 1. The van der Waals surface area contributed by atoms with E-state index in [1.165, 1.54) is 0 Å². The number of hydrogen-bond donors (Lipinski definition) is 1. The Morgan fingerprint density at radius 1 is 1.10 bits per heavy atom. The fourth-order valence-electron chi connectivity index (χ4n) is 2.19. The number of ether oxygens (including phenoxy) is 2. The number of aromatic nitrogens is 1. The molecule has 2 aromatic rings. The highest BCUT2D eigenvalue weighted by molar-refractivity contribution is 9.10. The summed E-state index contributed by atoms with van der Waals surface area (Å²) in [5.74, 6) is 1.52. The number of nitrogens with zero attached hydrogens (tertiary/aromatic N) is 1. The van der Waals surface area contributed by atoms with Crippen LogP contribution in [0.1, 0.15) is 23.6 Å². The molecule has 1 aliphatic heterocycles. The summed E-state index contributed by atoms with van der Waals surface area (Å²) in [5, 5.41) is 0. The lowest BCUT2D eigenvalue weighted by atomic mass is 10.0. The first-order valence-electron chi connectivity index (χ1n) is 6.50. The van der Waals surface area contributed by atoms with Crippen LogP contribution in [0.2, 0.25) is 0 Å². The molecule has 0 saturated carbocycles. The maximum absolute atomic E-state index is 6.34. The van der Waals surface area contributed by atoms with Crippen LogP contribution in [0.3, 0.4) is 0 Å². The van der Waals surface area contributed by atoms with Crippen molar-refractivity contribution in [3.8, 4) is 11.5 Å². The Morgan fingerprint density at radius 2 is 1.75 bits per heavy atom. The third kappa shape index (κ3) is 2.64. The van der Waals surface area contributed by atoms with Crippen molar-refractivity contribution in [2.75, 3.05) is 13.2 Å². The van der Waals surface area contributed by atoms with Gasteiger partial charge in [-0.15, -0.1) is 0 Å². The van der Waals surface area contributed by atoms with Crippen LogP contribution >= 0.6 is 15.9 Å². The van der Waals surface area contributed by atoms with Crippen LogP contribution in [-0.2, 0) is 0 Å². The van der Waals surface area contributed by atoms with Crippen molar-refractivity contribution in [3.05, 3.63) is 52.3 Å². The quantitative estimate of drug-likeness (QED) is 0.916. The maximum Gasteiger partial charge on any atom is 0.162 e. The molecular weight excluding hydrogens is 320 g/mol. The van der Waals surface area contributed by atoms with E-state index in [-0.39, 0.29) is 6.04 Å². The van der Waals surface area contributed by atoms with E-state index in [0.29, 0.717) is 13.2 Å². The molecule has 0 spiro atoms. The van der Waals surface area contributed by atoms with Gasteiger partial charge in [0.15, 0.2) is 11.5 Å². The molecule has 0 radical (unpaired) electrons. The Kier molecular flexibility index (Phi) is 3.89. The van der Waals surface area contributed by atoms with Crippen molar-refractivity contribution in [3.63, 3.8) is 0 Å². The van der Waals surface area contributed by atoms with Crippen LogP contribution < -0.4 is 15.2 Å². The van der Waals surface area contributed by atoms with Crippen LogP contribution in [0.25, 0.3) is 0 Å². The second-order valence-corrected chi connectivity index (χ2v) is 5.48. The average molecular weight is 335 g/mol. The predicted molar refractivity (Wildman–Crippen MR) is 80.0 cm³/mol. The molecule has 0 amide bonds. The normalized spacial score (nSPS) is 15.5. The van der Waals surface area contributed by atoms with Crippen LogP contribution in [-0.4, -0.2) is 18.2 Å². The summed E-state index contributed by atoms with van der Waals surface area (Å²) >= 11 is 3.57. The van der Waals surface area contributed by atoms with Crippen LogP contribution in [0, 0.1) is 0 Å². The Balaban J connectivity index is 1.99. The number of pyridine rings is 1. The van der Waals surface area contributed by atoms with Crippen molar-refractivity contribution < 1.29 is 9.47 Å². The Hall–Kier alpha value is -1.59. The van der Waals surface area contributed by atoms with Crippen molar-refractivity contribution in [1.82, 2.24) is 4.98 Å². The van der Waals surface area contributed by atoms with Gasteiger partial charge in [0, 0.05) is 23.3 Å². The van der Waals surface area contributed by atoms with Gasteiger partial charge in [0.25, 0.3) is 0 Å². The first-order valence-corrected chi connectivity index (χ1v) is 7.29. The van der Waals surface area contributed by atoms with E-state index in [4.69, 9.17) is 15.2 Å². The molecule has 4 nitrogen and oxygen atoms in total. The lowest BCUT2D eigenvalue weighted by Gasteiger charge is -2.17. The average Bonchev–Trinajstić information content (AvgIpc) is 2.71. The zero-order valence-corrected chi connectivity index (χ0v) is 12.5. The molecule has 104 valence electrons.